The molecular formula is C11H12ClNO4. The van der Waals surface area contributed by atoms with Crippen molar-refractivity contribution in [1.82, 2.24) is 0 Å². The van der Waals surface area contributed by atoms with Crippen molar-refractivity contribution in [3.8, 4) is 11.5 Å². The summed E-state index contributed by atoms with van der Waals surface area (Å²) in [5, 5.41) is -0.699. The Labute approximate surface area is 103 Å². The number of para-hydroxylation sites is 1. The molecular weight excluding hydrogens is 246 g/mol. The highest BCUT2D eigenvalue weighted by Gasteiger charge is 2.19. The molecule has 1 amide bonds. The Balaban J connectivity index is 3.18. The molecule has 2 N–H and O–H groups in total. The number of halogens is 1. The van der Waals surface area contributed by atoms with Gasteiger partial charge >= 0.3 is 0 Å². The number of benzene rings is 1. The molecule has 5 nitrogen and oxygen atoms in total. The second kappa shape index (κ2) is 5.54. The summed E-state index contributed by atoms with van der Waals surface area (Å²) >= 11 is 5.41. The maximum absolute atomic E-state index is 11.2. The van der Waals surface area contributed by atoms with Gasteiger partial charge in [0.15, 0.2) is 17.6 Å². The Kier molecular flexibility index (Phi) is 4.34. The molecule has 0 aliphatic heterocycles. The largest absolute Gasteiger partial charge is 0.493 e. The molecule has 1 unspecified atom stereocenters. The minimum atomic E-state index is -0.888. The van der Waals surface area contributed by atoms with Gasteiger partial charge in [-0.05, 0) is 30.7 Å². The standard InChI is InChI=1S/C11H12ClNO4/c1-6(11(13)15)17-9-7(10(12)14)4-3-5-8(9)16-2/h3-6H,1-2H3,(H2,13,15). The third-order valence-electron chi connectivity index (χ3n) is 2.11. The number of hydrogen-bond acceptors (Lipinski definition) is 4. The lowest BCUT2D eigenvalue weighted by Crippen LogP contribution is -2.31. The van der Waals surface area contributed by atoms with Gasteiger partial charge in [0, 0.05) is 0 Å². The Morgan fingerprint density at radius 3 is 2.53 bits per heavy atom. The van der Waals surface area contributed by atoms with Crippen molar-refractivity contribution in [2.24, 2.45) is 5.73 Å². The van der Waals surface area contributed by atoms with Gasteiger partial charge < -0.3 is 15.2 Å². The van der Waals surface area contributed by atoms with E-state index in [4.69, 9.17) is 26.8 Å². The fraction of sp³-hybridized carbons (Fsp3) is 0.273. The molecule has 1 atom stereocenters. The van der Waals surface area contributed by atoms with Crippen molar-refractivity contribution in [2.45, 2.75) is 13.0 Å². The second-order valence-corrected chi connectivity index (χ2v) is 3.62. The molecule has 92 valence electrons. The Morgan fingerprint density at radius 2 is 2.06 bits per heavy atom. The Bertz CT molecular complexity index is 447. The monoisotopic (exact) mass is 257 g/mol. The van der Waals surface area contributed by atoms with Crippen LogP contribution in [0.5, 0.6) is 11.5 Å². The molecule has 0 aliphatic carbocycles. The van der Waals surface area contributed by atoms with Gasteiger partial charge in [-0.2, -0.15) is 0 Å². The van der Waals surface area contributed by atoms with Crippen LogP contribution in [0.1, 0.15) is 17.3 Å². The minimum absolute atomic E-state index is 0.112. The first-order chi connectivity index (χ1) is 7.97. The third kappa shape index (κ3) is 3.10. The van der Waals surface area contributed by atoms with E-state index in [-0.39, 0.29) is 11.3 Å². The lowest BCUT2D eigenvalue weighted by Gasteiger charge is -2.16. The summed E-state index contributed by atoms with van der Waals surface area (Å²) in [6.45, 7) is 1.47. The van der Waals surface area contributed by atoms with Crippen molar-refractivity contribution in [1.29, 1.82) is 0 Å². The number of hydrogen-bond donors (Lipinski definition) is 1. The highest BCUT2D eigenvalue weighted by Crippen LogP contribution is 2.32. The molecule has 0 bridgehead atoms. The quantitative estimate of drug-likeness (QED) is 0.807. The van der Waals surface area contributed by atoms with Gasteiger partial charge in [-0.3, -0.25) is 9.59 Å². The zero-order valence-electron chi connectivity index (χ0n) is 9.40. The molecule has 0 aromatic heterocycles. The highest BCUT2D eigenvalue weighted by molar-refractivity contribution is 6.68. The lowest BCUT2D eigenvalue weighted by molar-refractivity contribution is -0.124. The topological polar surface area (TPSA) is 78.6 Å². The van der Waals surface area contributed by atoms with E-state index in [1.807, 2.05) is 0 Å². The van der Waals surface area contributed by atoms with Crippen LogP contribution >= 0.6 is 11.6 Å². The van der Waals surface area contributed by atoms with Gasteiger partial charge in [0.25, 0.3) is 11.1 Å². The van der Waals surface area contributed by atoms with Gasteiger partial charge in [-0.15, -0.1) is 0 Å². The SMILES string of the molecule is COc1cccc(C(=O)Cl)c1OC(C)C(N)=O. The van der Waals surface area contributed by atoms with Crippen molar-refractivity contribution in [3.05, 3.63) is 23.8 Å². The molecule has 0 fully saturated rings. The van der Waals surface area contributed by atoms with Gasteiger partial charge in [0.2, 0.25) is 0 Å². The molecule has 1 aromatic rings. The van der Waals surface area contributed by atoms with E-state index in [0.29, 0.717) is 5.75 Å². The number of carbonyl (C=O) groups is 2. The van der Waals surface area contributed by atoms with Crippen molar-refractivity contribution in [3.63, 3.8) is 0 Å². The van der Waals surface area contributed by atoms with Gasteiger partial charge in [-0.1, -0.05) is 6.07 Å². The fourth-order valence-electron chi connectivity index (χ4n) is 1.19. The Hall–Kier alpha value is -1.75. The molecule has 0 saturated heterocycles. The van der Waals surface area contributed by atoms with Crippen molar-refractivity contribution >= 4 is 22.8 Å². The van der Waals surface area contributed by atoms with Crippen molar-refractivity contribution in [2.75, 3.05) is 7.11 Å². The van der Waals surface area contributed by atoms with Crippen LogP contribution in [0.25, 0.3) is 0 Å². The summed E-state index contributed by atoms with van der Waals surface area (Å²) in [5.41, 5.74) is 5.20. The van der Waals surface area contributed by atoms with Crippen LogP contribution < -0.4 is 15.2 Å². The maximum atomic E-state index is 11.2. The van der Waals surface area contributed by atoms with E-state index in [1.165, 1.54) is 20.1 Å². The average molecular weight is 258 g/mol. The van der Waals surface area contributed by atoms with Gasteiger partial charge in [-0.25, -0.2) is 0 Å². The van der Waals surface area contributed by atoms with Gasteiger partial charge in [0.1, 0.15) is 0 Å². The first-order valence-electron chi connectivity index (χ1n) is 4.80. The first-order valence-corrected chi connectivity index (χ1v) is 5.18. The van der Waals surface area contributed by atoms with Gasteiger partial charge in [0.05, 0.1) is 12.7 Å². The zero-order chi connectivity index (χ0) is 13.0. The van der Waals surface area contributed by atoms with Crippen molar-refractivity contribution < 1.29 is 19.1 Å². The van der Waals surface area contributed by atoms with Crippen LogP contribution in [0.4, 0.5) is 0 Å². The molecule has 6 heteroatoms. The summed E-state index contributed by atoms with van der Waals surface area (Å²) < 4.78 is 10.3. The smallest absolute Gasteiger partial charge is 0.258 e. The second-order valence-electron chi connectivity index (χ2n) is 3.27. The summed E-state index contributed by atoms with van der Waals surface area (Å²) in [4.78, 5) is 22.1. The lowest BCUT2D eigenvalue weighted by atomic mass is 10.2. The average Bonchev–Trinajstić information content (AvgIpc) is 2.28. The molecule has 0 saturated carbocycles. The molecule has 0 heterocycles. The van der Waals surface area contributed by atoms with E-state index in [1.54, 1.807) is 12.1 Å². The van der Waals surface area contributed by atoms with Crippen LogP contribution in [-0.2, 0) is 4.79 Å². The number of methoxy groups -OCH3 is 1. The molecule has 1 rings (SSSR count). The van der Waals surface area contributed by atoms with Crippen LogP contribution in [-0.4, -0.2) is 24.4 Å². The molecule has 0 aliphatic rings. The molecule has 0 spiro atoms. The van der Waals surface area contributed by atoms with Crippen LogP contribution in [0, 0.1) is 0 Å². The number of nitrogens with two attached hydrogens (primary N) is 1. The van der Waals surface area contributed by atoms with Crippen LogP contribution in [0.15, 0.2) is 18.2 Å². The number of amides is 1. The van der Waals surface area contributed by atoms with E-state index in [0.717, 1.165) is 0 Å². The highest BCUT2D eigenvalue weighted by atomic mass is 35.5. The van der Waals surface area contributed by atoms with E-state index >= 15 is 0 Å². The maximum Gasteiger partial charge on any atom is 0.258 e. The molecule has 17 heavy (non-hydrogen) atoms. The predicted octanol–water partition coefficient (Wildman–Crippen LogP) is 1.33. The predicted molar refractivity (Wildman–Crippen MR) is 62.5 cm³/mol. The summed E-state index contributed by atoms with van der Waals surface area (Å²) in [6, 6.07) is 4.66. The zero-order valence-corrected chi connectivity index (χ0v) is 10.2. The summed E-state index contributed by atoms with van der Waals surface area (Å²) in [5.74, 6) is -0.227. The normalized spacial score (nSPS) is 11.7. The Morgan fingerprint density at radius 1 is 1.41 bits per heavy atom. The van der Waals surface area contributed by atoms with Crippen LogP contribution in [0.3, 0.4) is 0 Å². The fourth-order valence-corrected chi connectivity index (χ4v) is 1.34. The van der Waals surface area contributed by atoms with E-state index in [2.05, 4.69) is 0 Å². The van der Waals surface area contributed by atoms with E-state index in [9.17, 15) is 9.59 Å². The minimum Gasteiger partial charge on any atom is -0.493 e. The summed E-state index contributed by atoms with van der Waals surface area (Å²) in [6.07, 6.45) is -0.888. The van der Waals surface area contributed by atoms with E-state index < -0.39 is 17.3 Å². The summed E-state index contributed by atoms with van der Waals surface area (Å²) in [7, 11) is 1.42. The third-order valence-corrected chi connectivity index (χ3v) is 2.31. The number of ether oxygens (including phenoxy) is 2. The number of rotatable bonds is 5. The van der Waals surface area contributed by atoms with Crippen LogP contribution in [0.2, 0.25) is 0 Å². The first kappa shape index (κ1) is 13.3. The number of primary amides is 1. The molecule has 1 aromatic carbocycles. The molecule has 0 radical (unpaired) electrons. The number of carbonyl (C=O) groups excluding carboxylic acids is 2.